The quantitative estimate of drug-likeness (QED) is 0.680. The van der Waals surface area contributed by atoms with E-state index in [1.54, 1.807) is 0 Å². The summed E-state index contributed by atoms with van der Waals surface area (Å²) in [5.74, 6) is 0. The molecule has 0 aliphatic heterocycles. The van der Waals surface area contributed by atoms with E-state index < -0.39 is 0 Å². The second-order valence-corrected chi connectivity index (χ2v) is 2.61. The van der Waals surface area contributed by atoms with E-state index >= 15 is 0 Å². The van der Waals surface area contributed by atoms with Gasteiger partial charge in [0.05, 0.1) is 0 Å². The van der Waals surface area contributed by atoms with Gasteiger partial charge in [0.25, 0.3) is 0 Å². The van der Waals surface area contributed by atoms with Gasteiger partial charge in [0.15, 0.2) is 0 Å². The Morgan fingerprint density at radius 2 is 1.54 bits per heavy atom. The van der Waals surface area contributed by atoms with Crippen LogP contribution in [0.25, 0.3) is 0 Å². The maximum atomic E-state index is 2.16. The minimum absolute atomic E-state index is 0. The van der Waals surface area contributed by atoms with E-state index in [1.165, 1.54) is 5.56 Å². The van der Waals surface area contributed by atoms with Crippen LogP contribution >= 0.6 is 0 Å². The number of aryl methyl sites for hydroxylation is 1. The molecule has 0 fully saturated rings. The first kappa shape index (κ1) is 12.6. The summed E-state index contributed by atoms with van der Waals surface area (Å²) in [6, 6.07) is 18.4. The van der Waals surface area contributed by atoms with E-state index in [4.69, 9.17) is 0 Å². The van der Waals surface area contributed by atoms with Crippen molar-refractivity contribution in [2.24, 2.45) is 0 Å². The van der Waals surface area contributed by atoms with E-state index in [0.717, 1.165) is 6.42 Å². The fourth-order valence-electron chi connectivity index (χ4n) is 0.970. The average Bonchev–Trinajstić information content (AvgIpc) is 2.81. The largest absolute Gasteiger partial charge is 2.00 e. The Labute approximate surface area is 99.5 Å². The van der Waals surface area contributed by atoms with Gasteiger partial charge in [-0.15, -0.1) is 0 Å². The monoisotopic (exact) mass is 248 g/mol. The summed E-state index contributed by atoms with van der Waals surface area (Å²) in [4.78, 5) is 0. The summed E-state index contributed by atoms with van der Waals surface area (Å²) in [5.41, 5.74) is 1.43. The molecule has 0 saturated carbocycles. The zero-order chi connectivity index (χ0) is 8.65. The van der Waals surface area contributed by atoms with Crippen LogP contribution in [0.2, 0.25) is 0 Å². The van der Waals surface area contributed by atoms with Crippen LogP contribution in [0.4, 0.5) is 0 Å². The fraction of sp³-hybridized carbons (Fsp3) is 0.167. The summed E-state index contributed by atoms with van der Waals surface area (Å²) in [5, 5.41) is 0. The van der Waals surface area contributed by atoms with Gasteiger partial charge in [-0.1, -0.05) is 13.3 Å². The van der Waals surface area contributed by atoms with Gasteiger partial charge in [-0.2, -0.15) is 35.9 Å². The predicted molar refractivity (Wildman–Crippen MR) is 53.4 cm³/mol. The molecule has 0 heterocycles. The summed E-state index contributed by atoms with van der Waals surface area (Å²) in [6.45, 7) is 2.16. The Morgan fingerprint density at radius 3 is 1.77 bits per heavy atom. The van der Waals surface area contributed by atoms with E-state index in [2.05, 4.69) is 31.2 Å². The van der Waals surface area contributed by atoms with Crippen molar-refractivity contribution in [1.29, 1.82) is 0 Å². The van der Waals surface area contributed by atoms with Crippen molar-refractivity contribution >= 4 is 0 Å². The van der Waals surface area contributed by atoms with Crippen LogP contribution in [0.1, 0.15) is 12.5 Å². The van der Waals surface area contributed by atoms with Crippen molar-refractivity contribution in [2.75, 3.05) is 0 Å². The molecule has 0 spiro atoms. The number of rotatable bonds is 1. The SMILES string of the molecule is CC[c-]1cccc1.[Zr+2].c1cc[cH-]c1. The Kier molecular flexibility index (Phi) is 7.93. The first-order valence-corrected chi connectivity index (χ1v) is 4.30. The first-order valence-electron chi connectivity index (χ1n) is 4.30. The van der Waals surface area contributed by atoms with Gasteiger partial charge in [-0.3, -0.25) is 0 Å². The van der Waals surface area contributed by atoms with Crippen LogP contribution in [0.15, 0.2) is 54.6 Å². The Hall–Kier alpha value is -0.417. The molecule has 0 saturated heterocycles. The molecule has 0 radical (unpaired) electrons. The smallest absolute Gasteiger partial charge is 0.214 e. The second kappa shape index (κ2) is 8.19. The van der Waals surface area contributed by atoms with Crippen LogP contribution in [-0.4, -0.2) is 0 Å². The minimum Gasteiger partial charge on any atom is -0.214 e. The van der Waals surface area contributed by atoms with Crippen LogP contribution in [0.3, 0.4) is 0 Å². The molecule has 13 heavy (non-hydrogen) atoms. The normalized spacial score (nSPS) is 8.08. The number of hydrogen-bond acceptors (Lipinski definition) is 0. The molecule has 2 aromatic rings. The van der Waals surface area contributed by atoms with Gasteiger partial charge in [0.2, 0.25) is 0 Å². The molecule has 1 heteroatoms. The van der Waals surface area contributed by atoms with Gasteiger partial charge in [-0.25, -0.2) is 24.3 Å². The predicted octanol–water partition coefficient (Wildman–Crippen LogP) is 3.37. The molecule has 0 aliphatic carbocycles. The van der Waals surface area contributed by atoms with Gasteiger partial charge in [-0.05, 0) is 0 Å². The first-order chi connectivity index (χ1) is 5.93. The van der Waals surface area contributed by atoms with Crippen molar-refractivity contribution in [3.63, 3.8) is 0 Å². The molecule has 66 valence electrons. The third-order valence-electron chi connectivity index (χ3n) is 1.70. The van der Waals surface area contributed by atoms with Gasteiger partial charge in [0, 0.05) is 0 Å². The molecule has 2 rings (SSSR count). The van der Waals surface area contributed by atoms with Crippen molar-refractivity contribution < 1.29 is 26.2 Å². The van der Waals surface area contributed by atoms with Crippen LogP contribution in [0.5, 0.6) is 0 Å². The molecular formula is C12H14Zr. The Balaban J connectivity index is 0.000000215. The van der Waals surface area contributed by atoms with Crippen molar-refractivity contribution in [3.8, 4) is 0 Å². The fourth-order valence-corrected chi connectivity index (χ4v) is 0.970. The van der Waals surface area contributed by atoms with Crippen LogP contribution < -0.4 is 0 Å². The summed E-state index contributed by atoms with van der Waals surface area (Å²) in [6.07, 6.45) is 1.16. The topological polar surface area (TPSA) is 0 Å². The molecule has 0 atom stereocenters. The van der Waals surface area contributed by atoms with Crippen molar-refractivity contribution in [3.05, 3.63) is 60.2 Å². The average molecular weight is 249 g/mol. The van der Waals surface area contributed by atoms with Gasteiger partial charge < -0.3 is 0 Å². The third kappa shape index (κ3) is 5.77. The molecule has 2 aromatic carbocycles. The molecule has 0 N–H and O–H groups in total. The maximum Gasteiger partial charge on any atom is 2.00 e. The minimum atomic E-state index is 0. The van der Waals surface area contributed by atoms with Crippen LogP contribution in [-0.2, 0) is 32.6 Å². The van der Waals surface area contributed by atoms with Crippen molar-refractivity contribution in [1.82, 2.24) is 0 Å². The third-order valence-corrected chi connectivity index (χ3v) is 1.70. The summed E-state index contributed by atoms with van der Waals surface area (Å²) >= 11 is 0. The van der Waals surface area contributed by atoms with E-state index in [1.807, 2.05) is 30.3 Å². The molecular weight excluding hydrogens is 235 g/mol. The van der Waals surface area contributed by atoms with Crippen molar-refractivity contribution in [2.45, 2.75) is 13.3 Å². The van der Waals surface area contributed by atoms with E-state index in [0.29, 0.717) is 0 Å². The molecule has 0 nitrogen and oxygen atoms in total. The zero-order valence-corrected chi connectivity index (χ0v) is 10.4. The van der Waals surface area contributed by atoms with Gasteiger partial charge >= 0.3 is 26.2 Å². The Bertz CT molecular complexity index is 236. The Morgan fingerprint density at radius 1 is 1.00 bits per heavy atom. The summed E-state index contributed by atoms with van der Waals surface area (Å²) < 4.78 is 0. The molecule has 0 aliphatic rings. The van der Waals surface area contributed by atoms with Gasteiger partial charge in [0.1, 0.15) is 0 Å². The standard InChI is InChI=1S/C7H9.C5H5.Zr/c1-2-7-5-3-4-6-7;1-2-4-5-3-1;/h3-6H,2H2,1H3;1-5H;/q2*-1;+2. The second-order valence-electron chi connectivity index (χ2n) is 2.61. The van der Waals surface area contributed by atoms with E-state index in [9.17, 15) is 0 Å². The molecule has 0 unspecified atom stereocenters. The van der Waals surface area contributed by atoms with Crippen LogP contribution in [0, 0.1) is 0 Å². The summed E-state index contributed by atoms with van der Waals surface area (Å²) in [7, 11) is 0. The number of hydrogen-bond donors (Lipinski definition) is 0. The molecule has 0 bridgehead atoms. The maximum absolute atomic E-state index is 2.16. The molecule has 0 amide bonds. The zero-order valence-electron chi connectivity index (χ0n) is 7.90. The van der Waals surface area contributed by atoms with E-state index in [-0.39, 0.29) is 26.2 Å². The molecule has 0 aromatic heterocycles.